The summed E-state index contributed by atoms with van der Waals surface area (Å²) < 4.78 is 0. The maximum atomic E-state index is 12.6. The average Bonchev–Trinajstić information content (AvgIpc) is 2.80. The number of carbonyl (C=O) groups is 1. The van der Waals surface area contributed by atoms with Crippen LogP contribution in [0.15, 0.2) is 72.9 Å². The molecule has 0 aliphatic rings. The van der Waals surface area contributed by atoms with Crippen LogP contribution in [0.25, 0.3) is 10.9 Å². The minimum Gasteiger partial charge on any atom is -0.375 e. The van der Waals surface area contributed by atoms with E-state index in [0.29, 0.717) is 11.3 Å². The zero-order chi connectivity index (χ0) is 21.9. The van der Waals surface area contributed by atoms with E-state index >= 15 is 0 Å². The van der Waals surface area contributed by atoms with Crippen molar-refractivity contribution in [1.29, 1.82) is 0 Å². The number of nitrogens with zero attached hydrogens (tertiary/aromatic N) is 2. The molecule has 0 fully saturated rings. The fourth-order valence-corrected chi connectivity index (χ4v) is 3.53. The molecule has 1 amide bonds. The summed E-state index contributed by atoms with van der Waals surface area (Å²) in [6.07, 6.45) is 13.6. The molecule has 4 nitrogen and oxygen atoms in total. The molecule has 3 rings (SSSR count). The van der Waals surface area contributed by atoms with Crippen molar-refractivity contribution in [3.05, 3.63) is 78.5 Å². The van der Waals surface area contributed by atoms with Crippen molar-refractivity contribution in [1.82, 2.24) is 4.98 Å². The van der Waals surface area contributed by atoms with Gasteiger partial charge in [0.2, 0.25) is 0 Å². The first-order chi connectivity index (χ1) is 15.2. The van der Waals surface area contributed by atoms with Crippen LogP contribution in [0.5, 0.6) is 0 Å². The number of hydrogen-bond acceptors (Lipinski definition) is 3. The number of rotatable bonds is 11. The predicted octanol–water partition coefficient (Wildman–Crippen LogP) is 6.84. The smallest absolute Gasteiger partial charge is 0.255 e. The van der Waals surface area contributed by atoms with E-state index in [1.165, 1.54) is 25.7 Å². The summed E-state index contributed by atoms with van der Waals surface area (Å²) in [5, 5.41) is 3.95. The highest BCUT2D eigenvalue weighted by Crippen LogP contribution is 2.18. The minimum absolute atomic E-state index is 0.125. The summed E-state index contributed by atoms with van der Waals surface area (Å²) >= 11 is 0. The molecule has 0 aliphatic carbocycles. The fourth-order valence-electron chi connectivity index (χ4n) is 3.53. The molecule has 0 spiro atoms. The molecule has 0 aliphatic heterocycles. The molecule has 0 bridgehead atoms. The van der Waals surface area contributed by atoms with Crippen LogP contribution in [0, 0.1) is 0 Å². The summed E-state index contributed by atoms with van der Waals surface area (Å²) in [5.41, 5.74) is 3.38. The molecule has 0 radical (unpaired) electrons. The van der Waals surface area contributed by atoms with Gasteiger partial charge in [-0.25, -0.2) is 0 Å². The largest absolute Gasteiger partial charge is 0.375 e. The monoisotopic (exact) mass is 415 g/mol. The Kier molecular flexibility index (Phi) is 8.65. The number of carbonyl (C=O) groups excluding carboxylic acids is 1. The number of aromatic nitrogens is 1. The van der Waals surface area contributed by atoms with E-state index in [9.17, 15) is 4.79 Å². The average molecular weight is 416 g/mol. The zero-order valence-corrected chi connectivity index (χ0v) is 18.7. The molecular formula is C27H33N3O. The molecule has 31 heavy (non-hydrogen) atoms. The highest BCUT2D eigenvalue weighted by Gasteiger charge is 2.08. The van der Waals surface area contributed by atoms with Gasteiger partial charge in [0, 0.05) is 30.2 Å². The van der Waals surface area contributed by atoms with Crippen LogP contribution >= 0.6 is 0 Å². The molecule has 0 saturated carbocycles. The number of anilines is 2. The third kappa shape index (κ3) is 6.95. The van der Waals surface area contributed by atoms with Crippen LogP contribution in [-0.4, -0.2) is 24.5 Å². The molecule has 3 aromatic rings. The second-order valence-electron chi connectivity index (χ2n) is 7.95. The van der Waals surface area contributed by atoms with Crippen molar-refractivity contribution in [2.24, 2.45) is 0 Å². The number of fused-ring (bicyclic) bond motifs is 1. The Labute approximate surface area is 186 Å². The number of benzene rings is 2. The van der Waals surface area contributed by atoms with Crippen LogP contribution in [-0.2, 0) is 0 Å². The Morgan fingerprint density at radius 3 is 2.52 bits per heavy atom. The molecular weight excluding hydrogens is 382 g/mol. The SMILES string of the molecule is CCCCCC=CCCCN(C)c1ccc(C(=O)Nc2cnc3ccccc3c2)cc1. The second-order valence-corrected chi connectivity index (χ2v) is 7.95. The van der Waals surface area contributed by atoms with Gasteiger partial charge in [0.25, 0.3) is 5.91 Å². The molecule has 4 heteroatoms. The van der Waals surface area contributed by atoms with E-state index in [1.807, 2.05) is 54.6 Å². The maximum Gasteiger partial charge on any atom is 0.255 e. The van der Waals surface area contributed by atoms with Gasteiger partial charge in [0.15, 0.2) is 0 Å². The van der Waals surface area contributed by atoms with Gasteiger partial charge in [-0.3, -0.25) is 9.78 Å². The van der Waals surface area contributed by atoms with E-state index in [1.54, 1.807) is 6.20 Å². The number of unbranched alkanes of at least 4 members (excludes halogenated alkanes) is 4. The van der Waals surface area contributed by atoms with Crippen molar-refractivity contribution in [2.75, 3.05) is 23.8 Å². The third-order valence-electron chi connectivity index (χ3n) is 5.42. The van der Waals surface area contributed by atoms with Crippen molar-refractivity contribution < 1.29 is 4.79 Å². The lowest BCUT2D eigenvalue weighted by atomic mass is 10.1. The van der Waals surface area contributed by atoms with Crippen molar-refractivity contribution in [2.45, 2.75) is 45.4 Å². The van der Waals surface area contributed by atoms with Gasteiger partial charge < -0.3 is 10.2 Å². The molecule has 162 valence electrons. The van der Waals surface area contributed by atoms with Crippen LogP contribution < -0.4 is 10.2 Å². The third-order valence-corrected chi connectivity index (χ3v) is 5.42. The Morgan fingerprint density at radius 2 is 1.74 bits per heavy atom. The number of hydrogen-bond donors (Lipinski definition) is 1. The number of pyridine rings is 1. The molecule has 1 heterocycles. The number of nitrogens with one attached hydrogen (secondary N) is 1. The van der Waals surface area contributed by atoms with E-state index in [2.05, 4.69) is 41.3 Å². The lowest BCUT2D eigenvalue weighted by Crippen LogP contribution is -2.18. The summed E-state index contributed by atoms with van der Waals surface area (Å²) in [7, 11) is 2.10. The molecule has 0 saturated heterocycles. The summed E-state index contributed by atoms with van der Waals surface area (Å²) in [6, 6.07) is 17.6. The standard InChI is InChI=1S/C27H33N3O/c1-3-4-5-6-7-8-9-12-19-30(2)25-17-15-22(16-18-25)27(31)29-24-20-23-13-10-11-14-26(23)28-21-24/h7-8,10-11,13-18,20-21H,3-6,9,12,19H2,1-2H3,(H,29,31). The Balaban J connectivity index is 1.47. The first-order valence-corrected chi connectivity index (χ1v) is 11.3. The Bertz CT molecular complexity index is 995. The van der Waals surface area contributed by atoms with Crippen LogP contribution in [0.1, 0.15) is 55.8 Å². The number of para-hydroxylation sites is 1. The quantitative estimate of drug-likeness (QED) is 0.275. The lowest BCUT2D eigenvalue weighted by Gasteiger charge is -2.19. The van der Waals surface area contributed by atoms with Crippen LogP contribution in [0.4, 0.5) is 11.4 Å². The highest BCUT2D eigenvalue weighted by molar-refractivity contribution is 6.05. The van der Waals surface area contributed by atoms with Crippen LogP contribution in [0.3, 0.4) is 0 Å². The fraction of sp³-hybridized carbons (Fsp3) is 0.333. The summed E-state index contributed by atoms with van der Waals surface area (Å²) in [4.78, 5) is 19.2. The van der Waals surface area contributed by atoms with Gasteiger partial charge in [-0.1, -0.05) is 50.1 Å². The number of allylic oxidation sites excluding steroid dienone is 2. The Hall–Kier alpha value is -3.14. The van der Waals surface area contributed by atoms with Gasteiger partial charge >= 0.3 is 0 Å². The molecule has 2 aromatic carbocycles. The highest BCUT2D eigenvalue weighted by atomic mass is 16.1. The minimum atomic E-state index is -0.125. The van der Waals surface area contributed by atoms with Crippen molar-refractivity contribution in [3.8, 4) is 0 Å². The molecule has 1 aromatic heterocycles. The first-order valence-electron chi connectivity index (χ1n) is 11.3. The lowest BCUT2D eigenvalue weighted by molar-refractivity contribution is 0.102. The van der Waals surface area contributed by atoms with Gasteiger partial charge in [0.1, 0.15) is 0 Å². The second kappa shape index (κ2) is 11.9. The zero-order valence-electron chi connectivity index (χ0n) is 18.7. The van der Waals surface area contributed by atoms with E-state index in [4.69, 9.17) is 0 Å². The first kappa shape index (κ1) is 22.5. The van der Waals surface area contributed by atoms with Crippen LogP contribution in [0.2, 0.25) is 0 Å². The molecule has 1 N–H and O–H groups in total. The van der Waals surface area contributed by atoms with Gasteiger partial charge in [-0.05, 0) is 62.1 Å². The van der Waals surface area contributed by atoms with Crippen molar-refractivity contribution in [3.63, 3.8) is 0 Å². The van der Waals surface area contributed by atoms with Crippen molar-refractivity contribution >= 4 is 28.2 Å². The van der Waals surface area contributed by atoms with Gasteiger partial charge in [0.05, 0.1) is 17.4 Å². The normalized spacial score (nSPS) is 11.2. The molecule has 0 atom stereocenters. The van der Waals surface area contributed by atoms with Gasteiger partial charge in [-0.15, -0.1) is 0 Å². The summed E-state index contributed by atoms with van der Waals surface area (Å²) in [6.45, 7) is 3.23. The van der Waals surface area contributed by atoms with E-state index < -0.39 is 0 Å². The predicted molar refractivity (Wildman–Crippen MR) is 132 cm³/mol. The Morgan fingerprint density at radius 1 is 1.00 bits per heavy atom. The topological polar surface area (TPSA) is 45.2 Å². The molecule has 0 unspecified atom stereocenters. The maximum absolute atomic E-state index is 12.6. The van der Waals surface area contributed by atoms with Gasteiger partial charge in [-0.2, -0.15) is 0 Å². The summed E-state index contributed by atoms with van der Waals surface area (Å²) in [5.74, 6) is -0.125. The van der Waals surface area contributed by atoms with E-state index in [-0.39, 0.29) is 5.91 Å². The van der Waals surface area contributed by atoms with E-state index in [0.717, 1.165) is 36.0 Å². The number of amides is 1.